The first kappa shape index (κ1) is 18.5. The van der Waals surface area contributed by atoms with E-state index in [2.05, 4.69) is 20.8 Å². The van der Waals surface area contributed by atoms with Crippen molar-refractivity contribution in [1.82, 2.24) is 0 Å². The van der Waals surface area contributed by atoms with Crippen molar-refractivity contribution in [2.24, 2.45) is 0 Å². The quantitative estimate of drug-likeness (QED) is 0.537. The van der Waals surface area contributed by atoms with Gasteiger partial charge in [0.25, 0.3) is 0 Å². The molecule has 0 aliphatic rings. The van der Waals surface area contributed by atoms with Gasteiger partial charge >= 0.3 is 97.4 Å². The van der Waals surface area contributed by atoms with Crippen LogP contribution >= 0.6 is 0 Å². The molecule has 0 amide bonds. The van der Waals surface area contributed by atoms with E-state index in [9.17, 15) is 0 Å². The molecule has 0 spiro atoms. The Morgan fingerprint density at radius 3 is 1.88 bits per heavy atom. The van der Waals surface area contributed by atoms with E-state index in [0.717, 1.165) is 11.5 Å². The van der Waals surface area contributed by atoms with Gasteiger partial charge in [0, 0.05) is 0 Å². The zero-order chi connectivity index (χ0) is 10.8. The summed E-state index contributed by atoms with van der Waals surface area (Å²) in [6, 6.07) is 5.97. The van der Waals surface area contributed by atoms with Crippen molar-refractivity contribution in [3.8, 4) is 11.5 Å². The van der Waals surface area contributed by atoms with E-state index in [-0.39, 0.29) is 30.2 Å². The van der Waals surface area contributed by atoms with Gasteiger partial charge in [-0.3, -0.25) is 0 Å². The summed E-state index contributed by atoms with van der Waals surface area (Å²) in [7, 11) is 1.67. The molecule has 1 aromatic carbocycles. The number of rotatable bonds is 2. The van der Waals surface area contributed by atoms with Crippen molar-refractivity contribution in [2.45, 2.75) is 26.2 Å². The van der Waals surface area contributed by atoms with Gasteiger partial charge in [-0.2, -0.15) is 0 Å². The van der Waals surface area contributed by atoms with Gasteiger partial charge in [-0.15, -0.1) is 0 Å². The second-order valence-corrected chi connectivity index (χ2v) is 4.57. The van der Waals surface area contributed by atoms with Crippen LogP contribution < -0.4 is 32.9 Å². The first-order valence-electron chi connectivity index (χ1n) is 4.50. The van der Waals surface area contributed by atoms with Crippen LogP contribution in [0.3, 0.4) is 0 Å². The molecule has 1 rings (SSSR count). The number of hydrogen-bond acceptors (Lipinski definition) is 2. The minimum atomic E-state index is 0. The van der Waals surface area contributed by atoms with Crippen molar-refractivity contribution in [1.29, 1.82) is 0 Å². The number of benzene rings is 1. The van der Waals surface area contributed by atoms with Gasteiger partial charge < -0.3 is 24.8 Å². The average Bonchev–Trinajstić information content (AvgIpc) is 2.15. The van der Waals surface area contributed by atoms with Gasteiger partial charge in [0.2, 0.25) is 0 Å². The van der Waals surface area contributed by atoms with Gasteiger partial charge in [-0.05, 0) is 0 Å². The molecule has 16 heavy (non-hydrogen) atoms. The first-order chi connectivity index (χ1) is 6.47. The maximum Gasteiger partial charge on any atom is -1.00 e. The van der Waals surface area contributed by atoms with Crippen LogP contribution in [0.4, 0.5) is 0 Å². The van der Waals surface area contributed by atoms with E-state index in [1.54, 1.807) is 27.9 Å². The summed E-state index contributed by atoms with van der Waals surface area (Å²) in [4.78, 5) is 0. The summed E-state index contributed by atoms with van der Waals surface area (Å²) in [5.41, 5.74) is 1.33. The van der Waals surface area contributed by atoms with Crippen LogP contribution in [0.2, 0.25) is 0 Å². The molecule has 0 atom stereocenters. The monoisotopic (exact) mass is 297 g/mol. The molecule has 0 aromatic heterocycles. The molecular formula is C11H15Cl2O2Ti. The number of ether oxygens (including phenoxy) is 1. The minimum absolute atomic E-state index is 0. The van der Waals surface area contributed by atoms with E-state index in [1.165, 1.54) is 5.56 Å². The molecule has 89 valence electrons. The van der Waals surface area contributed by atoms with E-state index < -0.39 is 0 Å². The Morgan fingerprint density at radius 1 is 1.00 bits per heavy atom. The van der Waals surface area contributed by atoms with Crippen molar-refractivity contribution < 1.29 is 53.7 Å². The second kappa shape index (κ2) is 7.44. The summed E-state index contributed by atoms with van der Waals surface area (Å²) in [5, 5.41) is 0. The second-order valence-electron chi connectivity index (χ2n) is 4.25. The van der Waals surface area contributed by atoms with Crippen molar-refractivity contribution >= 4 is 0 Å². The van der Waals surface area contributed by atoms with Gasteiger partial charge in [0.15, 0.2) is 0 Å². The molecule has 0 unspecified atom stereocenters. The molecule has 0 aliphatic carbocycles. The number of hydrogen-bond donors (Lipinski definition) is 0. The summed E-state index contributed by atoms with van der Waals surface area (Å²) in [6.45, 7) is 6.50. The summed E-state index contributed by atoms with van der Waals surface area (Å²) >= 11 is 1.67. The van der Waals surface area contributed by atoms with Gasteiger partial charge in [0.1, 0.15) is 0 Å². The number of halogens is 2. The van der Waals surface area contributed by atoms with E-state index >= 15 is 0 Å². The smallest absolute Gasteiger partial charge is 1.00 e. The Balaban J connectivity index is 0. The molecular weight excluding hydrogens is 283 g/mol. The number of methoxy groups -OCH3 is 1. The predicted octanol–water partition coefficient (Wildman–Crippen LogP) is -3.16. The topological polar surface area (TPSA) is 18.5 Å². The molecule has 0 radical (unpaired) electrons. The summed E-state index contributed by atoms with van der Waals surface area (Å²) in [6.07, 6.45) is 0. The zero-order valence-electron chi connectivity index (χ0n) is 9.80. The molecule has 0 aliphatic heterocycles. The van der Waals surface area contributed by atoms with Crippen LogP contribution in [-0.2, 0) is 26.2 Å². The van der Waals surface area contributed by atoms with Crippen molar-refractivity contribution in [3.63, 3.8) is 0 Å². The third-order valence-electron chi connectivity index (χ3n) is 2.10. The predicted molar refractivity (Wildman–Crippen MR) is 52.3 cm³/mol. The van der Waals surface area contributed by atoms with E-state index in [1.807, 2.05) is 18.2 Å². The van der Waals surface area contributed by atoms with Crippen molar-refractivity contribution in [3.05, 3.63) is 23.8 Å². The Labute approximate surface area is 122 Å². The maximum absolute atomic E-state index is 5.21. The molecule has 0 N–H and O–H groups in total. The molecule has 0 heterocycles. The van der Waals surface area contributed by atoms with Crippen LogP contribution in [0.15, 0.2) is 18.2 Å². The molecule has 1 aromatic rings. The Bertz CT molecular complexity index is 302. The van der Waals surface area contributed by atoms with Crippen LogP contribution in [0.25, 0.3) is 0 Å². The molecule has 5 heteroatoms. The van der Waals surface area contributed by atoms with Crippen LogP contribution in [0, 0.1) is 0 Å². The fourth-order valence-corrected chi connectivity index (χ4v) is 1.37. The van der Waals surface area contributed by atoms with E-state index in [0.29, 0.717) is 0 Å². The first-order valence-corrected chi connectivity index (χ1v) is 5.14. The Kier molecular flexibility index (Phi) is 8.59. The maximum atomic E-state index is 5.21. The third kappa shape index (κ3) is 4.96. The van der Waals surface area contributed by atoms with Gasteiger partial charge in [-0.25, -0.2) is 0 Å². The Hall–Kier alpha value is 0.114. The normalized spacial score (nSPS) is 9.88. The Morgan fingerprint density at radius 2 is 1.50 bits per heavy atom. The third-order valence-corrected chi connectivity index (χ3v) is 2.47. The van der Waals surface area contributed by atoms with Crippen molar-refractivity contribution in [2.75, 3.05) is 7.11 Å². The largest absolute Gasteiger partial charge is 1.00 e. The fourth-order valence-electron chi connectivity index (χ4n) is 1.18. The molecule has 0 fully saturated rings. The molecule has 2 nitrogen and oxygen atoms in total. The molecule has 0 bridgehead atoms. The molecule has 0 saturated heterocycles. The minimum Gasteiger partial charge on any atom is -1.00 e. The van der Waals surface area contributed by atoms with E-state index in [4.69, 9.17) is 8.06 Å². The fraction of sp³-hybridized carbons (Fsp3) is 0.455. The van der Waals surface area contributed by atoms with Gasteiger partial charge in [0.05, 0.1) is 0 Å². The van der Waals surface area contributed by atoms with Crippen LogP contribution in [0.5, 0.6) is 11.5 Å². The van der Waals surface area contributed by atoms with Gasteiger partial charge in [-0.1, -0.05) is 0 Å². The SMILES string of the molecule is COc1cc([O][Ti+2])cc(C(C)(C)C)c1.[Cl-].[Cl-]. The average molecular weight is 298 g/mol. The zero-order valence-corrected chi connectivity index (χ0v) is 12.9. The molecule has 0 saturated carbocycles. The summed E-state index contributed by atoms with van der Waals surface area (Å²) in [5.74, 6) is 1.68. The summed E-state index contributed by atoms with van der Waals surface area (Å²) < 4.78 is 10.4. The van der Waals surface area contributed by atoms with Crippen LogP contribution in [-0.4, -0.2) is 7.11 Å². The standard InChI is InChI=1S/C11H16O2.2ClH.Ti/c1-11(2,3)8-5-9(12)7-10(6-8)13-4;;;/h5-7,12H,1-4H3;2*1H;/q;;;+3/p-3. The van der Waals surface area contributed by atoms with Crippen LogP contribution in [0.1, 0.15) is 26.3 Å².